The van der Waals surface area contributed by atoms with Gasteiger partial charge in [0.1, 0.15) is 0 Å². The van der Waals surface area contributed by atoms with Gasteiger partial charge in [-0.2, -0.15) is 0 Å². The second-order valence-corrected chi connectivity index (χ2v) is 6.51. The lowest BCUT2D eigenvalue weighted by atomic mass is 10.2. The van der Waals surface area contributed by atoms with Gasteiger partial charge in [-0.3, -0.25) is 0 Å². The molecule has 0 heterocycles. The van der Waals surface area contributed by atoms with Gasteiger partial charge < -0.3 is 15.5 Å². The van der Waals surface area contributed by atoms with Gasteiger partial charge in [0.15, 0.2) is 0 Å². The van der Waals surface area contributed by atoms with Crippen molar-refractivity contribution in [3.05, 3.63) is 58.6 Å². The van der Waals surface area contributed by atoms with E-state index in [0.717, 1.165) is 21.4 Å². The Morgan fingerprint density at radius 1 is 1.22 bits per heavy atom. The highest BCUT2D eigenvalue weighted by molar-refractivity contribution is 9.10. The molecule has 0 aliphatic rings. The summed E-state index contributed by atoms with van der Waals surface area (Å²) in [5.41, 5.74) is 2.96. The monoisotopic (exact) mass is 375 g/mol. The van der Waals surface area contributed by atoms with Crippen LogP contribution in [0.1, 0.15) is 12.5 Å². The smallest absolute Gasteiger partial charge is 0.319 e. The Kier molecular flexibility index (Phi) is 6.04. The van der Waals surface area contributed by atoms with Gasteiger partial charge in [-0.25, -0.2) is 4.79 Å². The van der Waals surface area contributed by atoms with E-state index in [4.69, 9.17) is 0 Å². The lowest BCUT2D eigenvalue weighted by Crippen LogP contribution is -2.41. The Bertz CT molecular complexity index is 661. The minimum Gasteiger partial charge on any atom is -0.370 e. The molecule has 2 amide bonds. The van der Waals surface area contributed by atoms with E-state index in [2.05, 4.69) is 50.5 Å². The fourth-order valence-electron chi connectivity index (χ4n) is 2.23. The number of likely N-dealkylation sites (N-methyl/N-ethyl adjacent to an activating group) is 1. The SMILES string of the molecule is Cc1cc(Br)ccc1NC(=O)NCC(C)N(C)c1ccccc1. The number of para-hydroxylation sites is 1. The van der Waals surface area contributed by atoms with Gasteiger partial charge in [0.05, 0.1) is 0 Å². The molecule has 4 nitrogen and oxygen atoms in total. The fraction of sp³-hybridized carbons (Fsp3) is 0.278. The highest BCUT2D eigenvalue weighted by atomic mass is 79.9. The number of benzene rings is 2. The summed E-state index contributed by atoms with van der Waals surface area (Å²) in [6.07, 6.45) is 0. The van der Waals surface area contributed by atoms with E-state index in [9.17, 15) is 4.79 Å². The van der Waals surface area contributed by atoms with Crippen molar-refractivity contribution in [3.8, 4) is 0 Å². The van der Waals surface area contributed by atoms with Crippen LogP contribution in [0.5, 0.6) is 0 Å². The second-order valence-electron chi connectivity index (χ2n) is 5.59. The summed E-state index contributed by atoms with van der Waals surface area (Å²) in [6.45, 7) is 4.61. The normalized spacial score (nSPS) is 11.7. The van der Waals surface area contributed by atoms with Crippen molar-refractivity contribution in [2.75, 3.05) is 23.8 Å². The molecule has 1 unspecified atom stereocenters. The van der Waals surface area contributed by atoms with Gasteiger partial charge in [-0.1, -0.05) is 34.1 Å². The molecular formula is C18H22BrN3O. The highest BCUT2D eigenvalue weighted by Gasteiger charge is 2.11. The molecule has 1 atom stereocenters. The number of anilines is 2. The molecular weight excluding hydrogens is 354 g/mol. The first-order chi connectivity index (χ1) is 11.0. The number of nitrogens with one attached hydrogen (secondary N) is 2. The van der Waals surface area contributed by atoms with Crippen LogP contribution in [0.2, 0.25) is 0 Å². The van der Waals surface area contributed by atoms with Gasteiger partial charge in [-0.05, 0) is 49.7 Å². The lowest BCUT2D eigenvalue weighted by Gasteiger charge is -2.27. The number of rotatable bonds is 5. The topological polar surface area (TPSA) is 44.4 Å². The van der Waals surface area contributed by atoms with Crippen molar-refractivity contribution in [1.29, 1.82) is 0 Å². The van der Waals surface area contributed by atoms with Gasteiger partial charge >= 0.3 is 6.03 Å². The molecule has 0 spiro atoms. The molecule has 0 bridgehead atoms. The summed E-state index contributed by atoms with van der Waals surface area (Å²) in [5.74, 6) is 0. The van der Waals surface area contributed by atoms with Crippen LogP contribution >= 0.6 is 15.9 Å². The number of urea groups is 1. The molecule has 5 heteroatoms. The minimum atomic E-state index is -0.191. The van der Waals surface area contributed by atoms with Crippen LogP contribution in [0.3, 0.4) is 0 Å². The Morgan fingerprint density at radius 3 is 2.57 bits per heavy atom. The van der Waals surface area contributed by atoms with Crippen LogP contribution < -0.4 is 15.5 Å². The standard InChI is InChI=1S/C18H22BrN3O/c1-13-11-15(19)9-10-17(13)21-18(23)20-12-14(2)22(3)16-7-5-4-6-8-16/h4-11,14H,12H2,1-3H3,(H2,20,21,23). The number of hydrogen-bond acceptors (Lipinski definition) is 2. The van der Waals surface area contributed by atoms with Gasteiger partial charge in [0.2, 0.25) is 0 Å². The van der Waals surface area contributed by atoms with Gasteiger partial charge in [-0.15, -0.1) is 0 Å². The first-order valence-electron chi connectivity index (χ1n) is 7.56. The quantitative estimate of drug-likeness (QED) is 0.812. The van der Waals surface area contributed by atoms with Crippen molar-refractivity contribution in [1.82, 2.24) is 5.32 Å². The number of halogens is 1. The van der Waals surface area contributed by atoms with Crippen molar-refractivity contribution in [2.45, 2.75) is 19.9 Å². The van der Waals surface area contributed by atoms with Crippen LogP contribution in [-0.2, 0) is 0 Å². The van der Waals surface area contributed by atoms with Crippen molar-refractivity contribution >= 4 is 33.3 Å². The zero-order chi connectivity index (χ0) is 16.8. The number of nitrogens with zero attached hydrogens (tertiary/aromatic N) is 1. The number of hydrogen-bond donors (Lipinski definition) is 2. The van der Waals surface area contributed by atoms with Gasteiger partial charge in [0.25, 0.3) is 0 Å². The first kappa shape index (κ1) is 17.3. The molecule has 0 aromatic heterocycles. The number of carbonyl (C=O) groups is 1. The van der Waals surface area contributed by atoms with Crippen molar-refractivity contribution < 1.29 is 4.79 Å². The van der Waals surface area contributed by atoms with Crippen LogP contribution in [-0.4, -0.2) is 25.7 Å². The summed E-state index contributed by atoms with van der Waals surface area (Å²) < 4.78 is 0.999. The van der Waals surface area contributed by atoms with E-state index in [1.807, 2.05) is 50.4 Å². The summed E-state index contributed by atoms with van der Waals surface area (Å²) >= 11 is 3.42. The Morgan fingerprint density at radius 2 is 1.91 bits per heavy atom. The maximum atomic E-state index is 12.1. The summed E-state index contributed by atoms with van der Waals surface area (Å²) in [6, 6.07) is 15.9. The number of carbonyl (C=O) groups excluding carboxylic acids is 1. The Hall–Kier alpha value is -2.01. The Balaban J connectivity index is 1.86. The molecule has 2 rings (SSSR count). The minimum absolute atomic E-state index is 0.189. The average Bonchev–Trinajstić information content (AvgIpc) is 2.55. The number of amides is 2. The molecule has 122 valence electrons. The average molecular weight is 376 g/mol. The third-order valence-corrected chi connectivity index (χ3v) is 4.31. The molecule has 2 aromatic carbocycles. The zero-order valence-corrected chi connectivity index (χ0v) is 15.2. The first-order valence-corrected chi connectivity index (χ1v) is 8.35. The van der Waals surface area contributed by atoms with Crippen molar-refractivity contribution in [2.24, 2.45) is 0 Å². The molecule has 0 aliphatic heterocycles. The van der Waals surface area contributed by atoms with E-state index in [1.165, 1.54) is 0 Å². The molecule has 2 N–H and O–H groups in total. The molecule has 0 aliphatic carbocycles. The van der Waals surface area contributed by atoms with Gasteiger partial charge in [0, 0.05) is 35.5 Å². The lowest BCUT2D eigenvalue weighted by molar-refractivity contribution is 0.251. The summed E-state index contributed by atoms with van der Waals surface area (Å²) in [5, 5.41) is 5.80. The maximum absolute atomic E-state index is 12.1. The van der Waals surface area contributed by atoms with Crippen LogP contribution in [0.4, 0.5) is 16.2 Å². The molecule has 0 saturated carbocycles. The zero-order valence-electron chi connectivity index (χ0n) is 13.6. The summed E-state index contributed by atoms with van der Waals surface area (Å²) in [7, 11) is 2.03. The van der Waals surface area contributed by atoms with Crippen LogP contribution in [0.15, 0.2) is 53.0 Å². The van der Waals surface area contributed by atoms with E-state index < -0.39 is 0 Å². The maximum Gasteiger partial charge on any atom is 0.319 e. The van der Waals surface area contributed by atoms with E-state index in [-0.39, 0.29) is 12.1 Å². The second kappa shape index (κ2) is 8.02. The third-order valence-electron chi connectivity index (χ3n) is 3.82. The van der Waals surface area contributed by atoms with Crippen molar-refractivity contribution in [3.63, 3.8) is 0 Å². The molecule has 0 saturated heterocycles. The number of aryl methyl sites for hydroxylation is 1. The van der Waals surface area contributed by atoms with E-state index in [0.29, 0.717) is 6.54 Å². The molecule has 2 aromatic rings. The summed E-state index contributed by atoms with van der Waals surface area (Å²) in [4.78, 5) is 14.2. The third kappa shape index (κ3) is 4.99. The largest absolute Gasteiger partial charge is 0.370 e. The fourth-order valence-corrected chi connectivity index (χ4v) is 2.70. The molecule has 0 radical (unpaired) electrons. The highest BCUT2D eigenvalue weighted by Crippen LogP contribution is 2.20. The van der Waals surface area contributed by atoms with E-state index in [1.54, 1.807) is 0 Å². The predicted molar refractivity (Wildman–Crippen MR) is 100 cm³/mol. The van der Waals surface area contributed by atoms with Crippen LogP contribution in [0.25, 0.3) is 0 Å². The molecule has 0 fully saturated rings. The Labute approximate surface area is 146 Å². The van der Waals surface area contributed by atoms with Crippen LogP contribution in [0, 0.1) is 6.92 Å². The molecule has 23 heavy (non-hydrogen) atoms. The van der Waals surface area contributed by atoms with E-state index >= 15 is 0 Å². The predicted octanol–water partition coefficient (Wildman–Crippen LogP) is 4.40.